The topological polar surface area (TPSA) is 52.3 Å². The molecule has 0 aromatic heterocycles. The van der Waals surface area contributed by atoms with Crippen molar-refractivity contribution in [2.45, 2.75) is 20.3 Å². The van der Waals surface area contributed by atoms with Crippen molar-refractivity contribution in [3.05, 3.63) is 26.8 Å². The number of rotatable bonds is 3. The van der Waals surface area contributed by atoms with E-state index in [1.54, 1.807) is 13.0 Å². The average molecular weight is 319 g/mol. The van der Waals surface area contributed by atoms with E-state index in [4.69, 9.17) is 10.5 Å². The highest BCUT2D eigenvalue weighted by Crippen LogP contribution is 2.22. The van der Waals surface area contributed by atoms with Gasteiger partial charge in [-0.1, -0.05) is 6.92 Å². The van der Waals surface area contributed by atoms with E-state index in [0.717, 1.165) is 15.6 Å². The molecule has 1 aromatic rings. The second kappa shape index (κ2) is 5.34. The number of ether oxygens (including phenoxy) is 1. The molecule has 3 nitrogen and oxygen atoms in total. The Labute approximate surface area is 103 Å². The van der Waals surface area contributed by atoms with E-state index < -0.39 is 0 Å². The average Bonchev–Trinajstić information content (AvgIpc) is 2.21. The van der Waals surface area contributed by atoms with Crippen LogP contribution in [-0.2, 0) is 11.2 Å². The van der Waals surface area contributed by atoms with Crippen molar-refractivity contribution >= 4 is 34.2 Å². The third kappa shape index (κ3) is 2.84. The van der Waals surface area contributed by atoms with Crippen LogP contribution in [0.1, 0.15) is 29.8 Å². The minimum Gasteiger partial charge on any atom is -0.462 e. The Hall–Kier alpha value is -0.780. The van der Waals surface area contributed by atoms with E-state index in [2.05, 4.69) is 22.6 Å². The minimum absolute atomic E-state index is 0.271. The van der Waals surface area contributed by atoms with Crippen molar-refractivity contribution in [3.63, 3.8) is 0 Å². The Morgan fingerprint density at radius 1 is 1.47 bits per heavy atom. The summed E-state index contributed by atoms with van der Waals surface area (Å²) in [6.45, 7) is 4.18. The summed E-state index contributed by atoms with van der Waals surface area (Å²) in [6, 6.07) is 3.63. The first kappa shape index (κ1) is 12.3. The van der Waals surface area contributed by atoms with Gasteiger partial charge in [0, 0.05) is 9.26 Å². The zero-order valence-electron chi connectivity index (χ0n) is 8.84. The van der Waals surface area contributed by atoms with E-state index in [1.807, 2.05) is 13.0 Å². The molecule has 82 valence electrons. The largest absolute Gasteiger partial charge is 0.462 e. The SMILES string of the molecule is CCOC(=O)c1cc(I)c(N)cc1CC. The Kier molecular flexibility index (Phi) is 4.38. The highest BCUT2D eigenvalue weighted by Gasteiger charge is 2.13. The second-order valence-corrected chi connectivity index (χ2v) is 4.27. The molecule has 2 N–H and O–H groups in total. The van der Waals surface area contributed by atoms with Crippen LogP contribution in [0.2, 0.25) is 0 Å². The molecule has 15 heavy (non-hydrogen) atoms. The van der Waals surface area contributed by atoms with Crippen molar-refractivity contribution in [2.75, 3.05) is 12.3 Å². The van der Waals surface area contributed by atoms with E-state index in [1.165, 1.54) is 0 Å². The number of benzene rings is 1. The van der Waals surface area contributed by atoms with Crippen LogP contribution in [0.3, 0.4) is 0 Å². The molecule has 0 aliphatic rings. The molecular formula is C11H14INO2. The monoisotopic (exact) mass is 319 g/mol. The van der Waals surface area contributed by atoms with Crippen molar-refractivity contribution in [2.24, 2.45) is 0 Å². The molecule has 0 saturated carbocycles. The van der Waals surface area contributed by atoms with Crippen molar-refractivity contribution < 1.29 is 9.53 Å². The molecule has 0 radical (unpaired) electrons. The standard InChI is InChI=1S/C11H14INO2/c1-3-7-5-10(13)9(12)6-8(7)11(14)15-4-2/h5-6H,3-4,13H2,1-2H3. The Bertz CT molecular complexity index is 377. The summed E-state index contributed by atoms with van der Waals surface area (Å²) < 4.78 is 5.86. The summed E-state index contributed by atoms with van der Waals surface area (Å²) in [6.07, 6.45) is 0.773. The lowest BCUT2D eigenvalue weighted by Gasteiger charge is -2.09. The van der Waals surface area contributed by atoms with Gasteiger partial charge in [-0.15, -0.1) is 0 Å². The molecular weight excluding hydrogens is 305 g/mol. The predicted molar refractivity (Wildman–Crippen MR) is 68.9 cm³/mol. The van der Waals surface area contributed by atoms with E-state index in [-0.39, 0.29) is 5.97 Å². The molecule has 0 saturated heterocycles. The summed E-state index contributed by atoms with van der Waals surface area (Å²) in [4.78, 5) is 11.6. The molecule has 0 amide bonds. The number of esters is 1. The van der Waals surface area contributed by atoms with Crippen LogP contribution in [0.5, 0.6) is 0 Å². The summed E-state index contributed by atoms with van der Waals surface area (Å²) >= 11 is 2.11. The normalized spacial score (nSPS) is 10.1. The van der Waals surface area contributed by atoms with E-state index in [0.29, 0.717) is 17.9 Å². The number of anilines is 1. The first-order chi connectivity index (χ1) is 7.10. The van der Waals surface area contributed by atoms with Crippen molar-refractivity contribution in [1.29, 1.82) is 0 Å². The van der Waals surface area contributed by atoms with Gasteiger partial charge in [0.15, 0.2) is 0 Å². The summed E-state index contributed by atoms with van der Waals surface area (Å²) in [5, 5.41) is 0. The van der Waals surface area contributed by atoms with Gasteiger partial charge in [-0.25, -0.2) is 4.79 Å². The number of nitrogen functional groups attached to an aromatic ring is 1. The highest BCUT2D eigenvalue weighted by atomic mass is 127. The predicted octanol–water partition coefficient (Wildman–Crippen LogP) is 2.61. The molecule has 0 bridgehead atoms. The van der Waals surface area contributed by atoms with Crippen LogP contribution in [0.15, 0.2) is 12.1 Å². The maximum atomic E-state index is 11.6. The van der Waals surface area contributed by atoms with Gasteiger partial charge in [-0.3, -0.25) is 0 Å². The van der Waals surface area contributed by atoms with Crippen LogP contribution in [-0.4, -0.2) is 12.6 Å². The Balaban J connectivity index is 3.15. The summed E-state index contributed by atoms with van der Waals surface area (Å²) in [7, 11) is 0. The molecule has 0 aliphatic heterocycles. The summed E-state index contributed by atoms with van der Waals surface area (Å²) in [5.74, 6) is -0.271. The highest BCUT2D eigenvalue weighted by molar-refractivity contribution is 14.1. The molecule has 0 atom stereocenters. The zero-order chi connectivity index (χ0) is 11.4. The maximum Gasteiger partial charge on any atom is 0.338 e. The molecule has 4 heteroatoms. The number of nitrogens with two attached hydrogens (primary N) is 1. The second-order valence-electron chi connectivity index (χ2n) is 3.10. The lowest BCUT2D eigenvalue weighted by Crippen LogP contribution is -2.09. The minimum atomic E-state index is -0.271. The van der Waals surface area contributed by atoms with Gasteiger partial charge in [0.05, 0.1) is 12.2 Å². The third-order valence-corrected chi connectivity index (χ3v) is 3.03. The Morgan fingerprint density at radius 3 is 2.67 bits per heavy atom. The fourth-order valence-electron chi connectivity index (χ4n) is 1.33. The van der Waals surface area contributed by atoms with E-state index in [9.17, 15) is 4.79 Å². The van der Waals surface area contributed by atoms with E-state index >= 15 is 0 Å². The smallest absolute Gasteiger partial charge is 0.338 e. The Morgan fingerprint density at radius 2 is 2.13 bits per heavy atom. The molecule has 0 unspecified atom stereocenters. The third-order valence-electron chi connectivity index (χ3n) is 2.10. The van der Waals surface area contributed by atoms with Crippen molar-refractivity contribution in [3.8, 4) is 0 Å². The van der Waals surface area contributed by atoms with Gasteiger partial charge in [0.2, 0.25) is 0 Å². The number of hydrogen-bond acceptors (Lipinski definition) is 3. The maximum absolute atomic E-state index is 11.6. The van der Waals surface area contributed by atoms with Gasteiger partial charge in [-0.05, 0) is 53.6 Å². The van der Waals surface area contributed by atoms with Gasteiger partial charge in [0.25, 0.3) is 0 Å². The fraction of sp³-hybridized carbons (Fsp3) is 0.364. The quantitative estimate of drug-likeness (QED) is 0.529. The van der Waals surface area contributed by atoms with Gasteiger partial charge in [0.1, 0.15) is 0 Å². The van der Waals surface area contributed by atoms with Crippen molar-refractivity contribution in [1.82, 2.24) is 0 Å². The number of hydrogen-bond donors (Lipinski definition) is 1. The fourth-order valence-corrected chi connectivity index (χ4v) is 1.80. The number of carbonyl (C=O) groups is 1. The van der Waals surface area contributed by atoms with Crippen LogP contribution < -0.4 is 5.73 Å². The lowest BCUT2D eigenvalue weighted by atomic mass is 10.0. The van der Waals surface area contributed by atoms with Crippen LogP contribution in [0.25, 0.3) is 0 Å². The number of aryl methyl sites for hydroxylation is 1. The molecule has 0 spiro atoms. The molecule has 0 aliphatic carbocycles. The lowest BCUT2D eigenvalue weighted by molar-refractivity contribution is 0.0525. The molecule has 0 fully saturated rings. The van der Waals surface area contributed by atoms with Gasteiger partial charge >= 0.3 is 5.97 Å². The first-order valence-electron chi connectivity index (χ1n) is 4.85. The van der Waals surface area contributed by atoms with Gasteiger partial charge < -0.3 is 10.5 Å². The number of halogens is 1. The summed E-state index contributed by atoms with van der Waals surface area (Å²) in [5.41, 5.74) is 8.05. The van der Waals surface area contributed by atoms with Crippen LogP contribution in [0, 0.1) is 3.57 Å². The van der Waals surface area contributed by atoms with Gasteiger partial charge in [-0.2, -0.15) is 0 Å². The van der Waals surface area contributed by atoms with Crippen LogP contribution >= 0.6 is 22.6 Å². The zero-order valence-corrected chi connectivity index (χ0v) is 11.0. The number of carbonyl (C=O) groups excluding carboxylic acids is 1. The molecule has 0 heterocycles. The first-order valence-corrected chi connectivity index (χ1v) is 5.93. The molecule has 1 rings (SSSR count). The molecule has 1 aromatic carbocycles. The van der Waals surface area contributed by atoms with Crippen LogP contribution in [0.4, 0.5) is 5.69 Å².